The van der Waals surface area contributed by atoms with Crippen molar-refractivity contribution in [3.05, 3.63) is 41.5 Å². The van der Waals surface area contributed by atoms with Crippen LogP contribution in [-0.2, 0) is 0 Å². The normalized spacial score (nSPS) is 15.8. The monoisotopic (exact) mass is 230 g/mol. The van der Waals surface area contributed by atoms with Crippen LogP contribution in [0.4, 0.5) is 0 Å². The van der Waals surface area contributed by atoms with Crippen molar-refractivity contribution >= 4 is 5.78 Å². The minimum atomic E-state index is 0.108. The minimum absolute atomic E-state index is 0.108. The first kappa shape index (κ1) is 11.9. The van der Waals surface area contributed by atoms with E-state index in [0.29, 0.717) is 6.10 Å². The van der Waals surface area contributed by atoms with Gasteiger partial charge in [-0.2, -0.15) is 0 Å². The Morgan fingerprint density at radius 1 is 1.47 bits per heavy atom. The summed E-state index contributed by atoms with van der Waals surface area (Å²) < 4.78 is 5.69. The van der Waals surface area contributed by atoms with Gasteiger partial charge in [-0.05, 0) is 43.9 Å². The standard InChI is InChI=1S/C15H18O2/c1-3-11(4-2)15(16)12-6-5-7-14(10-12)17-13-8-9-13/h3,5-7,10,13H,4,8-9H2,1-2H3/b11-3-. The fourth-order valence-electron chi connectivity index (χ4n) is 1.77. The molecule has 1 aromatic carbocycles. The topological polar surface area (TPSA) is 26.3 Å². The Morgan fingerprint density at radius 3 is 2.82 bits per heavy atom. The quantitative estimate of drug-likeness (QED) is 0.568. The Bertz CT molecular complexity index is 442. The summed E-state index contributed by atoms with van der Waals surface area (Å²) in [5.74, 6) is 0.918. The fourth-order valence-corrected chi connectivity index (χ4v) is 1.77. The van der Waals surface area contributed by atoms with Gasteiger partial charge in [0.15, 0.2) is 5.78 Å². The van der Waals surface area contributed by atoms with Crippen molar-refractivity contribution in [1.82, 2.24) is 0 Å². The van der Waals surface area contributed by atoms with Gasteiger partial charge in [-0.1, -0.05) is 25.1 Å². The molecule has 0 N–H and O–H groups in total. The Morgan fingerprint density at radius 2 is 2.24 bits per heavy atom. The number of benzene rings is 1. The van der Waals surface area contributed by atoms with E-state index < -0.39 is 0 Å². The first-order valence-corrected chi connectivity index (χ1v) is 6.21. The lowest BCUT2D eigenvalue weighted by Gasteiger charge is -2.07. The largest absolute Gasteiger partial charge is 0.490 e. The number of rotatable bonds is 5. The fraction of sp³-hybridized carbons (Fsp3) is 0.400. The predicted octanol–water partition coefficient (Wildman–Crippen LogP) is 3.77. The van der Waals surface area contributed by atoms with Crippen molar-refractivity contribution < 1.29 is 9.53 Å². The van der Waals surface area contributed by atoms with Crippen LogP contribution in [0.3, 0.4) is 0 Å². The van der Waals surface area contributed by atoms with Crippen molar-refractivity contribution in [3.63, 3.8) is 0 Å². The molecule has 0 saturated heterocycles. The highest BCUT2D eigenvalue weighted by Gasteiger charge is 2.23. The van der Waals surface area contributed by atoms with Crippen LogP contribution in [0.2, 0.25) is 0 Å². The molecule has 0 aliphatic heterocycles. The molecule has 0 atom stereocenters. The highest BCUT2D eigenvalue weighted by atomic mass is 16.5. The number of carbonyl (C=O) groups excluding carboxylic acids is 1. The van der Waals surface area contributed by atoms with E-state index in [0.717, 1.165) is 36.1 Å². The second-order valence-corrected chi connectivity index (χ2v) is 4.34. The maximum atomic E-state index is 12.1. The van der Waals surface area contributed by atoms with Crippen molar-refractivity contribution in [1.29, 1.82) is 0 Å². The summed E-state index contributed by atoms with van der Waals surface area (Å²) in [6.07, 6.45) is 5.29. The summed E-state index contributed by atoms with van der Waals surface area (Å²) in [7, 11) is 0. The van der Waals surface area contributed by atoms with Gasteiger partial charge in [0, 0.05) is 5.56 Å². The lowest BCUT2D eigenvalue weighted by Crippen LogP contribution is -2.03. The molecule has 1 saturated carbocycles. The SMILES string of the molecule is C/C=C(/CC)C(=O)c1cccc(OC2CC2)c1. The van der Waals surface area contributed by atoms with Gasteiger partial charge in [0.05, 0.1) is 6.10 Å². The van der Waals surface area contributed by atoms with Crippen LogP contribution in [0.5, 0.6) is 5.75 Å². The van der Waals surface area contributed by atoms with Crippen LogP contribution < -0.4 is 4.74 Å². The van der Waals surface area contributed by atoms with Gasteiger partial charge in [0.25, 0.3) is 0 Å². The van der Waals surface area contributed by atoms with E-state index in [2.05, 4.69) is 0 Å². The molecule has 1 aliphatic carbocycles. The summed E-state index contributed by atoms with van der Waals surface area (Å²) in [5, 5.41) is 0. The second kappa shape index (κ2) is 5.17. The first-order valence-electron chi connectivity index (χ1n) is 6.21. The molecular formula is C15H18O2. The molecule has 17 heavy (non-hydrogen) atoms. The molecular weight excluding hydrogens is 212 g/mol. The third-order valence-corrected chi connectivity index (χ3v) is 2.94. The van der Waals surface area contributed by atoms with E-state index >= 15 is 0 Å². The van der Waals surface area contributed by atoms with Gasteiger partial charge >= 0.3 is 0 Å². The first-order chi connectivity index (χ1) is 8.24. The summed E-state index contributed by atoms with van der Waals surface area (Å²) >= 11 is 0. The number of ether oxygens (including phenoxy) is 1. The second-order valence-electron chi connectivity index (χ2n) is 4.34. The molecule has 0 bridgehead atoms. The zero-order valence-corrected chi connectivity index (χ0v) is 10.4. The average Bonchev–Trinajstić information content (AvgIpc) is 3.15. The van der Waals surface area contributed by atoms with Gasteiger partial charge in [-0.3, -0.25) is 4.79 Å². The summed E-state index contributed by atoms with van der Waals surface area (Å²) in [5.41, 5.74) is 1.58. The molecule has 0 radical (unpaired) electrons. The molecule has 2 heteroatoms. The van der Waals surface area contributed by atoms with Gasteiger partial charge in [0.1, 0.15) is 5.75 Å². The van der Waals surface area contributed by atoms with Crippen LogP contribution in [0, 0.1) is 0 Å². The Kier molecular flexibility index (Phi) is 3.62. The summed E-state index contributed by atoms with van der Waals surface area (Å²) in [6.45, 7) is 3.90. The minimum Gasteiger partial charge on any atom is -0.490 e. The maximum absolute atomic E-state index is 12.1. The van der Waals surface area contributed by atoms with Gasteiger partial charge < -0.3 is 4.74 Å². The number of allylic oxidation sites excluding steroid dienone is 2. The Labute approximate surface area is 102 Å². The lowest BCUT2D eigenvalue weighted by molar-refractivity contribution is 0.103. The van der Waals surface area contributed by atoms with E-state index in [1.807, 2.05) is 44.2 Å². The maximum Gasteiger partial charge on any atom is 0.188 e. The van der Waals surface area contributed by atoms with E-state index in [4.69, 9.17) is 4.74 Å². The number of hydrogen-bond acceptors (Lipinski definition) is 2. The molecule has 90 valence electrons. The van der Waals surface area contributed by atoms with Crippen LogP contribution in [0.25, 0.3) is 0 Å². The highest BCUT2D eigenvalue weighted by molar-refractivity contribution is 6.08. The molecule has 1 aromatic rings. The Balaban J connectivity index is 2.16. The third-order valence-electron chi connectivity index (χ3n) is 2.94. The molecule has 2 rings (SSSR count). The van der Waals surface area contributed by atoms with Crippen molar-refractivity contribution in [3.8, 4) is 5.75 Å². The van der Waals surface area contributed by atoms with E-state index in [1.54, 1.807) is 0 Å². The lowest BCUT2D eigenvalue weighted by atomic mass is 10.0. The van der Waals surface area contributed by atoms with E-state index in [9.17, 15) is 4.79 Å². The van der Waals surface area contributed by atoms with Crippen LogP contribution in [0.1, 0.15) is 43.5 Å². The zero-order valence-electron chi connectivity index (χ0n) is 10.4. The molecule has 0 heterocycles. The van der Waals surface area contributed by atoms with E-state index in [-0.39, 0.29) is 5.78 Å². The molecule has 1 fully saturated rings. The van der Waals surface area contributed by atoms with Crippen LogP contribution in [-0.4, -0.2) is 11.9 Å². The van der Waals surface area contributed by atoms with Gasteiger partial charge in [-0.15, -0.1) is 0 Å². The van der Waals surface area contributed by atoms with Crippen LogP contribution >= 0.6 is 0 Å². The molecule has 0 spiro atoms. The summed E-state index contributed by atoms with van der Waals surface area (Å²) in [4.78, 5) is 12.1. The van der Waals surface area contributed by atoms with E-state index in [1.165, 1.54) is 0 Å². The van der Waals surface area contributed by atoms with Gasteiger partial charge in [-0.25, -0.2) is 0 Å². The molecule has 0 aromatic heterocycles. The average molecular weight is 230 g/mol. The molecule has 2 nitrogen and oxygen atoms in total. The zero-order chi connectivity index (χ0) is 12.3. The molecule has 0 unspecified atom stereocenters. The molecule has 1 aliphatic rings. The summed E-state index contributed by atoms with van der Waals surface area (Å²) in [6, 6.07) is 7.49. The number of carbonyl (C=O) groups is 1. The predicted molar refractivity (Wildman–Crippen MR) is 68.5 cm³/mol. The smallest absolute Gasteiger partial charge is 0.188 e. The third kappa shape index (κ3) is 2.96. The molecule has 0 amide bonds. The highest BCUT2D eigenvalue weighted by Crippen LogP contribution is 2.27. The van der Waals surface area contributed by atoms with Gasteiger partial charge in [0.2, 0.25) is 0 Å². The van der Waals surface area contributed by atoms with Crippen molar-refractivity contribution in [2.75, 3.05) is 0 Å². The Hall–Kier alpha value is -1.57. The van der Waals surface area contributed by atoms with Crippen molar-refractivity contribution in [2.24, 2.45) is 0 Å². The number of hydrogen-bond donors (Lipinski definition) is 0. The van der Waals surface area contributed by atoms with Crippen molar-refractivity contribution in [2.45, 2.75) is 39.2 Å². The number of Topliss-reactive ketones (excluding diaryl/α,β-unsaturated/α-hetero) is 1. The van der Waals surface area contributed by atoms with Crippen LogP contribution in [0.15, 0.2) is 35.9 Å². The number of ketones is 1.